The van der Waals surface area contributed by atoms with Crippen LogP contribution < -0.4 is 0 Å². The fraction of sp³-hybridized carbons (Fsp3) is 0.667. The molecule has 0 N–H and O–H groups in total. The van der Waals surface area contributed by atoms with Crippen LogP contribution >= 0.6 is 0 Å². The number of hydrogen-bond acceptors (Lipinski definition) is 4. The summed E-state index contributed by atoms with van der Waals surface area (Å²) in [5.74, 6) is -0.0120. The van der Waals surface area contributed by atoms with E-state index in [-0.39, 0.29) is 29.8 Å². The number of carbonyl (C=O) groups excluding carboxylic acids is 2. The van der Waals surface area contributed by atoms with E-state index in [1.807, 2.05) is 6.92 Å². The molecule has 0 radical (unpaired) electrons. The zero-order valence-electron chi connectivity index (χ0n) is 9.14. The summed E-state index contributed by atoms with van der Waals surface area (Å²) in [7, 11) is 0. The number of carbonyl (C=O) groups is 2. The molecule has 2 aliphatic carbocycles. The first-order valence-corrected chi connectivity index (χ1v) is 5.62. The van der Waals surface area contributed by atoms with Crippen molar-refractivity contribution in [1.82, 2.24) is 0 Å². The van der Waals surface area contributed by atoms with Gasteiger partial charge in [0, 0.05) is 17.9 Å². The Labute approximate surface area is 93.6 Å². The summed E-state index contributed by atoms with van der Waals surface area (Å²) >= 11 is 0. The van der Waals surface area contributed by atoms with Crippen LogP contribution in [0.4, 0.5) is 0 Å². The molecule has 0 aromatic rings. The van der Waals surface area contributed by atoms with Crippen molar-refractivity contribution in [1.29, 1.82) is 0 Å². The van der Waals surface area contributed by atoms with E-state index in [4.69, 9.17) is 9.47 Å². The second-order valence-corrected chi connectivity index (χ2v) is 5.11. The third kappa shape index (κ3) is 0.996. The molecule has 5 atom stereocenters. The minimum absolute atomic E-state index is 0.0358. The average Bonchev–Trinajstić information content (AvgIpc) is 2.81. The molecule has 3 rings (SSSR count). The molecular weight excluding hydrogens is 208 g/mol. The molecule has 86 valence electrons. The van der Waals surface area contributed by atoms with Crippen molar-refractivity contribution in [2.75, 3.05) is 0 Å². The third-order valence-electron chi connectivity index (χ3n) is 4.36. The Hall–Kier alpha value is -1.32. The maximum atomic E-state index is 11.6. The van der Waals surface area contributed by atoms with Crippen molar-refractivity contribution < 1.29 is 19.1 Å². The normalized spacial score (nSPS) is 47.9. The molecule has 1 aliphatic heterocycles. The van der Waals surface area contributed by atoms with Crippen LogP contribution in [0.2, 0.25) is 0 Å². The molecule has 0 spiro atoms. The van der Waals surface area contributed by atoms with E-state index in [0.29, 0.717) is 0 Å². The SMILES string of the molecule is C=CC(=O)OC1C2CC3C(=O)OC1(C)C3C2. The second kappa shape index (κ2) is 2.87. The Kier molecular flexibility index (Phi) is 1.77. The van der Waals surface area contributed by atoms with Gasteiger partial charge >= 0.3 is 11.9 Å². The molecule has 3 aliphatic rings. The monoisotopic (exact) mass is 222 g/mol. The lowest BCUT2D eigenvalue weighted by molar-refractivity contribution is -0.170. The highest BCUT2D eigenvalue weighted by atomic mass is 16.6. The summed E-state index contributed by atoms with van der Waals surface area (Å²) in [6.45, 7) is 5.27. The second-order valence-electron chi connectivity index (χ2n) is 5.11. The Morgan fingerprint density at radius 2 is 2.38 bits per heavy atom. The minimum Gasteiger partial charge on any atom is -0.455 e. The predicted octanol–water partition coefficient (Wildman–Crippen LogP) is 1.06. The van der Waals surface area contributed by atoms with Gasteiger partial charge in [-0.25, -0.2) is 4.79 Å². The van der Waals surface area contributed by atoms with Crippen molar-refractivity contribution in [2.24, 2.45) is 17.8 Å². The molecule has 1 saturated heterocycles. The highest BCUT2D eigenvalue weighted by molar-refractivity contribution is 5.82. The summed E-state index contributed by atoms with van der Waals surface area (Å²) < 4.78 is 10.8. The summed E-state index contributed by atoms with van der Waals surface area (Å²) in [5, 5.41) is 0. The molecule has 1 heterocycles. The molecule has 2 bridgehead atoms. The van der Waals surface area contributed by atoms with E-state index in [1.165, 1.54) is 0 Å². The topological polar surface area (TPSA) is 52.6 Å². The van der Waals surface area contributed by atoms with Gasteiger partial charge in [0.1, 0.15) is 11.7 Å². The first-order chi connectivity index (χ1) is 7.56. The molecule has 0 aromatic heterocycles. The van der Waals surface area contributed by atoms with Gasteiger partial charge in [0.2, 0.25) is 0 Å². The van der Waals surface area contributed by atoms with Crippen LogP contribution in [0.3, 0.4) is 0 Å². The minimum atomic E-state index is -0.594. The number of hydrogen-bond donors (Lipinski definition) is 0. The van der Waals surface area contributed by atoms with E-state index in [9.17, 15) is 9.59 Å². The van der Waals surface area contributed by atoms with E-state index < -0.39 is 11.6 Å². The van der Waals surface area contributed by atoms with Crippen molar-refractivity contribution in [3.05, 3.63) is 12.7 Å². The van der Waals surface area contributed by atoms with Gasteiger partial charge in [0.25, 0.3) is 0 Å². The lowest BCUT2D eigenvalue weighted by Crippen LogP contribution is -2.46. The Morgan fingerprint density at radius 1 is 1.62 bits per heavy atom. The third-order valence-corrected chi connectivity index (χ3v) is 4.36. The Morgan fingerprint density at radius 3 is 3.06 bits per heavy atom. The zero-order chi connectivity index (χ0) is 11.5. The van der Waals surface area contributed by atoms with Crippen molar-refractivity contribution in [3.63, 3.8) is 0 Å². The molecule has 5 unspecified atom stereocenters. The quantitative estimate of drug-likeness (QED) is 0.517. The smallest absolute Gasteiger partial charge is 0.330 e. The standard InChI is InChI=1S/C12H14O4/c1-3-9(13)15-10-6-4-7-8(5-6)12(10,2)16-11(7)14/h3,6-8,10H,1,4-5H2,2H3. The summed E-state index contributed by atoms with van der Waals surface area (Å²) in [5.41, 5.74) is -0.594. The predicted molar refractivity (Wildman–Crippen MR) is 54.3 cm³/mol. The molecule has 4 nitrogen and oxygen atoms in total. The maximum Gasteiger partial charge on any atom is 0.330 e. The maximum absolute atomic E-state index is 11.6. The van der Waals surface area contributed by atoms with E-state index in [2.05, 4.69) is 6.58 Å². The molecule has 4 heteroatoms. The van der Waals surface area contributed by atoms with Gasteiger partial charge in [0.15, 0.2) is 0 Å². The Bertz CT molecular complexity index is 388. The van der Waals surface area contributed by atoms with Crippen LogP contribution in [0.5, 0.6) is 0 Å². The molecular formula is C12H14O4. The molecule has 3 fully saturated rings. The highest BCUT2D eigenvalue weighted by Crippen LogP contribution is 2.61. The summed E-state index contributed by atoms with van der Waals surface area (Å²) in [6.07, 6.45) is 2.60. The van der Waals surface area contributed by atoms with Crippen LogP contribution in [-0.4, -0.2) is 23.6 Å². The van der Waals surface area contributed by atoms with Crippen LogP contribution in [-0.2, 0) is 19.1 Å². The van der Waals surface area contributed by atoms with Gasteiger partial charge in [0.05, 0.1) is 5.92 Å². The van der Waals surface area contributed by atoms with E-state index >= 15 is 0 Å². The fourth-order valence-corrected chi connectivity index (χ4v) is 3.71. The van der Waals surface area contributed by atoms with Crippen LogP contribution in [0, 0.1) is 17.8 Å². The van der Waals surface area contributed by atoms with Gasteiger partial charge in [-0.05, 0) is 19.8 Å². The van der Waals surface area contributed by atoms with Crippen molar-refractivity contribution in [3.8, 4) is 0 Å². The van der Waals surface area contributed by atoms with Gasteiger partial charge in [-0.3, -0.25) is 4.79 Å². The largest absolute Gasteiger partial charge is 0.455 e. The summed E-state index contributed by atoms with van der Waals surface area (Å²) in [4.78, 5) is 22.9. The van der Waals surface area contributed by atoms with Gasteiger partial charge < -0.3 is 9.47 Å². The van der Waals surface area contributed by atoms with Gasteiger partial charge in [-0.15, -0.1) is 0 Å². The first-order valence-electron chi connectivity index (χ1n) is 5.62. The molecule has 0 amide bonds. The van der Waals surface area contributed by atoms with Crippen molar-refractivity contribution >= 4 is 11.9 Å². The highest BCUT2D eigenvalue weighted by Gasteiger charge is 2.70. The van der Waals surface area contributed by atoms with Crippen molar-refractivity contribution in [2.45, 2.75) is 31.5 Å². The molecule has 2 saturated carbocycles. The fourth-order valence-electron chi connectivity index (χ4n) is 3.71. The molecule has 16 heavy (non-hydrogen) atoms. The Balaban J connectivity index is 1.90. The van der Waals surface area contributed by atoms with Gasteiger partial charge in [-0.2, -0.15) is 0 Å². The lowest BCUT2D eigenvalue weighted by atomic mass is 9.79. The molecule has 0 aromatic carbocycles. The van der Waals surface area contributed by atoms with Gasteiger partial charge in [-0.1, -0.05) is 6.58 Å². The van der Waals surface area contributed by atoms with Crippen LogP contribution in [0.25, 0.3) is 0 Å². The number of esters is 2. The number of fused-ring (bicyclic) bond motifs is 1. The lowest BCUT2D eigenvalue weighted by Gasteiger charge is -2.33. The van der Waals surface area contributed by atoms with Crippen LogP contribution in [0.1, 0.15) is 19.8 Å². The number of ether oxygens (including phenoxy) is 2. The van der Waals surface area contributed by atoms with E-state index in [0.717, 1.165) is 18.9 Å². The zero-order valence-corrected chi connectivity index (χ0v) is 9.14. The van der Waals surface area contributed by atoms with Crippen LogP contribution in [0.15, 0.2) is 12.7 Å². The van der Waals surface area contributed by atoms with E-state index in [1.54, 1.807) is 0 Å². The first kappa shape index (κ1) is 9.87. The number of rotatable bonds is 2. The average molecular weight is 222 g/mol. The summed E-state index contributed by atoms with van der Waals surface area (Å²) in [6, 6.07) is 0.